The molecule has 1 heterocycles. The van der Waals surface area contributed by atoms with Crippen molar-refractivity contribution in [2.75, 3.05) is 18.4 Å². The molecule has 39 heavy (non-hydrogen) atoms. The highest BCUT2D eigenvalue weighted by molar-refractivity contribution is 5.89. The molecular formula is C31H35F2N5O. The zero-order chi connectivity index (χ0) is 28.0. The fourth-order valence-corrected chi connectivity index (χ4v) is 4.68. The molecule has 204 valence electrons. The Balaban J connectivity index is 1.80. The third kappa shape index (κ3) is 6.89. The molecular weight excluding hydrogens is 496 g/mol. The first-order chi connectivity index (χ1) is 18.7. The van der Waals surface area contributed by atoms with Crippen molar-refractivity contribution in [1.82, 2.24) is 14.5 Å². The number of nitrogens with zero attached hydrogens (tertiary/aromatic N) is 3. The molecule has 0 aliphatic carbocycles. The maximum Gasteiger partial charge on any atom is 0.322 e. The number of hydrogen-bond acceptors (Lipinski definition) is 3. The van der Waals surface area contributed by atoms with E-state index in [1.54, 1.807) is 4.90 Å². The molecule has 8 heteroatoms. The monoisotopic (exact) mass is 531 g/mol. The summed E-state index contributed by atoms with van der Waals surface area (Å²) in [7, 11) is 0. The van der Waals surface area contributed by atoms with Gasteiger partial charge in [-0.25, -0.2) is 18.6 Å². The Kier molecular flexibility index (Phi) is 8.76. The van der Waals surface area contributed by atoms with Gasteiger partial charge in [-0.15, -0.1) is 0 Å². The summed E-state index contributed by atoms with van der Waals surface area (Å²) < 4.78 is 29.5. The van der Waals surface area contributed by atoms with Gasteiger partial charge in [0.25, 0.3) is 0 Å². The second kappa shape index (κ2) is 12.2. The minimum absolute atomic E-state index is 0.168. The Morgan fingerprint density at radius 3 is 2.28 bits per heavy atom. The molecule has 0 radical (unpaired) electrons. The molecule has 0 aliphatic heterocycles. The number of rotatable bonds is 9. The van der Waals surface area contributed by atoms with Gasteiger partial charge in [0, 0.05) is 36.6 Å². The number of nitrogens with one attached hydrogen (secondary N) is 1. The number of halogens is 2. The minimum atomic E-state index is -1.03. The van der Waals surface area contributed by atoms with Gasteiger partial charge < -0.3 is 20.5 Å². The molecule has 0 saturated carbocycles. The smallest absolute Gasteiger partial charge is 0.322 e. The first kappa shape index (κ1) is 28.0. The normalized spacial score (nSPS) is 12.3. The fraction of sp³-hybridized carbons (Fsp3) is 0.290. The van der Waals surface area contributed by atoms with Gasteiger partial charge in [0.05, 0.1) is 11.7 Å². The Morgan fingerprint density at radius 2 is 1.67 bits per heavy atom. The molecule has 1 unspecified atom stereocenters. The lowest BCUT2D eigenvalue weighted by atomic mass is 9.84. The number of carbonyl (C=O) groups is 1. The maximum atomic E-state index is 13.9. The van der Waals surface area contributed by atoms with Crippen molar-refractivity contribution in [3.8, 4) is 11.3 Å². The van der Waals surface area contributed by atoms with Crippen LogP contribution in [-0.2, 0) is 6.54 Å². The number of imidazole rings is 1. The molecule has 2 amide bonds. The molecule has 0 spiro atoms. The molecule has 3 aromatic carbocycles. The van der Waals surface area contributed by atoms with Crippen LogP contribution in [0.2, 0.25) is 0 Å². The van der Waals surface area contributed by atoms with Crippen LogP contribution in [0.4, 0.5) is 19.3 Å². The Hall–Kier alpha value is -4.04. The average molecular weight is 532 g/mol. The Morgan fingerprint density at radius 1 is 1.00 bits per heavy atom. The van der Waals surface area contributed by atoms with E-state index in [0.29, 0.717) is 26.1 Å². The summed E-state index contributed by atoms with van der Waals surface area (Å²) in [6, 6.07) is 22.4. The minimum Gasteiger partial charge on any atom is -0.330 e. The number of aromatic nitrogens is 2. The molecule has 0 fully saturated rings. The van der Waals surface area contributed by atoms with Gasteiger partial charge in [0.15, 0.2) is 11.6 Å². The fourth-order valence-electron chi connectivity index (χ4n) is 4.68. The van der Waals surface area contributed by atoms with Crippen LogP contribution in [0.25, 0.3) is 11.3 Å². The van der Waals surface area contributed by atoms with E-state index in [1.807, 2.05) is 54.7 Å². The number of anilines is 1. The summed E-state index contributed by atoms with van der Waals surface area (Å²) >= 11 is 0. The summed E-state index contributed by atoms with van der Waals surface area (Å²) in [4.78, 5) is 20.5. The van der Waals surface area contributed by atoms with E-state index in [2.05, 4.69) is 42.8 Å². The third-order valence-electron chi connectivity index (χ3n) is 6.48. The lowest BCUT2D eigenvalue weighted by molar-refractivity contribution is 0.116. The SMILES string of the molecule is CC(C)(C)C(c1nc(-c2ccccc2)cn1Cc1ccccc1)N(CCCN)C(=O)Nc1ccc(F)c(F)c1. The van der Waals surface area contributed by atoms with Gasteiger partial charge in [-0.1, -0.05) is 81.4 Å². The lowest BCUT2D eigenvalue weighted by Crippen LogP contribution is -2.45. The number of carbonyl (C=O) groups excluding carboxylic acids is 1. The molecule has 4 aromatic rings. The van der Waals surface area contributed by atoms with Crippen molar-refractivity contribution in [1.29, 1.82) is 0 Å². The third-order valence-corrected chi connectivity index (χ3v) is 6.48. The van der Waals surface area contributed by atoms with Crippen LogP contribution >= 0.6 is 0 Å². The van der Waals surface area contributed by atoms with Crippen LogP contribution in [0.15, 0.2) is 85.1 Å². The second-order valence-electron chi connectivity index (χ2n) is 10.6. The van der Waals surface area contributed by atoms with Crippen molar-refractivity contribution in [3.05, 3.63) is 108 Å². The van der Waals surface area contributed by atoms with E-state index in [4.69, 9.17) is 10.7 Å². The molecule has 4 rings (SSSR count). The first-order valence-electron chi connectivity index (χ1n) is 13.1. The largest absolute Gasteiger partial charge is 0.330 e. The molecule has 0 bridgehead atoms. The van der Waals surface area contributed by atoms with E-state index in [-0.39, 0.29) is 5.69 Å². The lowest BCUT2D eigenvalue weighted by Gasteiger charge is -2.40. The van der Waals surface area contributed by atoms with Crippen LogP contribution in [-0.4, -0.2) is 33.6 Å². The first-order valence-corrected chi connectivity index (χ1v) is 13.1. The van der Waals surface area contributed by atoms with E-state index in [0.717, 1.165) is 34.8 Å². The Labute approximate surface area is 228 Å². The van der Waals surface area contributed by atoms with Crippen LogP contribution in [0.1, 0.15) is 44.6 Å². The zero-order valence-corrected chi connectivity index (χ0v) is 22.6. The number of benzene rings is 3. The van der Waals surface area contributed by atoms with Crippen LogP contribution in [0.5, 0.6) is 0 Å². The number of hydrogen-bond donors (Lipinski definition) is 2. The molecule has 6 nitrogen and oxygen atoms in total. The molecule has 0 aliphatic rings. The Bertz CT molecular complexity index is 1380. The summed E-state index contributed by atoms with van der Waals surface area (Å²) in [6.45, 7) is 7.48. The van der Waals surface area contributed by atoms with Gasteiger partial charge in [-0.2, -0.15) is 0 Å². The van der Waals surface area contributed by atoms with Gasteiger partial charge in [0.2, 0.25) is 0 Å². The van der Waals surface area contributed by atoms with Crippen molar-refractivity contribution in [2.24, 2.45) is 11.1 Å². The number of amides is 2. The highest BCUT2D eigenvalue weighted by Crippen LogP contribution is 2.39. The van der Waals surface area contributed by atoms with Gasteiger partial charge in [-0.05, 0) is 36.1 Å². The van der Waals surface area contributed by atoms with Crippen molar-refractivity contribution < 1.29 is 13.6 Å². The standard InChI is InChI=1S/C31H35F2N5O/c1-31(2,3)28(38(18-10-17-34)30(39)35-24-15-16-25(32)26(33)19-24)29-36-27(23-13-8-5-9-14-23)21-37(29)20-22-11-6-4-7-12-22/h4-9,11-16,19,21,28H,10,17-18,20,34H2,1-3H3,(H,35,39). The topological polar surface area (TPSA) is 76.2 Å². The van der Waals surface area contributed by atoms with Crippen LogP contribution in [0.3, 0.4) is 0 Å². The quantitative estimate of drug-likeness (QED) is 0.248. The maximum absolute atomic E-state index is 13.9. The van der Waals surface area contributed by atoms with Gasteiger partial charge in [0.1, 0.15) is 5.82 Å². The highest BCUT2D eigenvalue weighted by atomic mass is 19.2. The van der Waals surface area contributed by atoms with Crippen molar-refractivity contribution >= 4 is 11.7 Å². The summed E-state index contributed by atoms with van der Waals surface area (Å²) in [5.41, 5.74) is 8.46. The number of urea groups is 1. The van der Waals surface area contributed by atoms with Crippen LogP contribution in [0, 0.1) is 17.0 Å². The predicted molar refractivity (Wildman–Crippen MR) is 151 cm³/mol. The molecule has 1 atom stereocenters. The number of nitrogens with two attached hydrogens (primary N) is 1. The summed E-state index contributed by atoms with van der Waals surface area (Å²) in [5, 5.41) is 2.75. The van der Waals surface area contributed by atoms with Gasteiger partial charge >= 0.3 is 6.03 Å². The molecule has 0 saturated heterocycles. The predicted octanol–water partition coefficient (Wildman–Crippen LogP) is 6.85. The summed E-state index contributed by atoms with van der Waals surface area (Å²) in [5.74, 6) is -1.28. The van der Waals surface area contributed by atoms with E-state index < -0.39 is 29.1 Å². The molecule has 3 N–H and O–H groups in total. The van der Waals surface area contributed by atoms with Gasteiger partial charge in [-0.3, -0.25) is 0 Å². The van der Waals surface area contributed by atoms with Crippen LogP contribution < -0.4 is 11.1 Å². The average Bonchev–Trinajstić information content (AvgIpc) is 3.31. The second-order valence-corrected chi connectivity index (χ2v) is 10.6. The summed E-state index contributed by atoms with van der Waals surface area (Å²) in [6.07, 6.45) is 2.58. The van der Waals surface area contributed by atoms with Crippen molar-refractivity contribution in [3.63, 3.8) is 0 Å². The van der Waals surface area contributed by atoms with E-state index in [9.17, 15) is 13.6 Å². The van der Waals surface area contributed by atoms with Crippen molar-refractivity contribution in [2.45, 2.75) is 39.8 Å². The molecule has 1 aromatic heterocycles. The highest BCUT2D eigenvalue weighted by Gasteiger charge is 2.38. The zero-order valence-electron chi connectivity index (χ0n) is 22.6. The van der Waals surface area contributed by atoms with E-state index in [1.165, 1.54) is 6.07 Å². The van der Waals surface area contributed by atoms with E-state index >= 15 is 0 Å².